The number of aliphatic hydroxyl groups is 1. The van der Waals surface area contributed by atoms with Crippen molar-refractivity contribution < 1.29 is 9.90 Å². The summed E-state index contributed by atoms with van der Waals surface area (Å²) in [7, 11) is 0. The second-order valence-corrected chi connectivity index (χ2v) is 3.39. The predicted octanol–water partition coefficient (Wildman–Crippen LogP) is 1.37. The van der Waals surface area contributed by atoms with Crippen LogP contribution in [0.15, 0.2) is 0 Å². The molecule has 0 aromatic carbocycles. The average Bonchev–Trinajstić information content (AvgIpc) is 1.60. The van der Waals surface area contributed by atoms with Crippen LogP contribution >= 0.6 is 0 Å². The van der Waals surface area contributed by atoms with Crippen molar-refractivity contribution in [3.8, 4) is 0 Å². The van der Waals surface area contributed by atoms with Gasteiger partial charge in [-0.15, -0.1) is 0 Å². The highest BCUT2D eigenvalue weighted by Gasteiger charge is 2.25. The molecule has 0 rings (SSSR count). The Labute approximate surface area is 62.2 Å². The quantitative estimate of drug-likeness (QED) is 0.649. The first-order chi connectivity index (χ1) is 4.36. The maximum absolute atomic E-state index is 10.6. The lowest BCUT2D eigenvalue weighted by atomic mass is 9.88. The fourth-order valence-electron chi connectivity index (χ4n) is 0.708. The minimum Gasteiger partial charge on any atom is -0.389 e. The minimum absolute atomic E-state index is 0.0405. The summed E-state index contributed by atoms with van der Waals surface area (Å²) in [6, 6.07) is 0. The molecule has 1 N–H and O–H groups in total. The van der Waals surface area contributed by atoms with Gasteiger partial charge in [-0.3, -0.25) is 4.79 Å². The molecule has 1 atom stereocenters. The van der Waals surface area contributed by atoms with Gasteiger partial charge in [0.1, 0.15) is 5.78 Å². The van der Waals surface area contributed by atoms with Crippen LogP contribution in [0.4, 0.5) is 0 Å². The zero-order chi connectivity index (χ0) is 8.36. The van der Waals surface area contributed by atoms with E-state index < -0.39 is 5.60 Å². The molecule has 0 spiro atoms. The number of carbonyl (C=O) groups is 1. The fourth-order valence-corrected chi connectivity index (χ4v) is 0.708. The Kier molecular flexibility index (Phi) is 3.03. The Bertz CT molecular complexity index is 125. The van der Waals surface area contributed by atoms with Gasteiger partial charge in [-0.05, 0) is 19.8 Å². The van der Waals surface area contributed by atoms with Crippen LogP contribution in [-0.4, -0.2) is 16.5 Å². The van der Waals surface area contributed by atoms with Gasteiger partial charge in [-0.1, -0.05) is 13.8 Å². The van der Waals surface area contributed by atoms with Gasteiger partial charge in [-0.2, -0.15) is 0 Å². The summed E-state index contributed by atoms with van der Waals surface area (Å²) in [4.78, 5) is 10.6. The van der Waals surface area contributed by atoms with Gasteiger partial charge in [0.15, 0.2) is 0 Å². The number of ketones is 1. The molecule has 0 aliphatic rings. The summed E-state index contributed by atoms with van der Waals surface area (Å²) in [6.07, 6.45) is 0.255. The van der Waals surface area contributed by atoms with E-state index in [-0.39, 0.29) is 18.1 Å². The molecule has 2 heteroatoms. The molecular formula is C8H16O2. The summed E-state index contributed by atoms with van der Waals surface area (Å²) < 4.78 is 0. The molecule has 0 saturated heterocycles. The maximum atomic E-state index is 10.6. The molecular weight excluding hydrogens is 128 g/mol. The molecule has 0 aromatic heterocycles. The molecule has 0 bridgehead atoms. The first-order valence-electron chi connectivity index (χ1n) is 3.58. The van der Waals surface area contributed by atoms with Gasteiger partial charge in [-0.25, -0.2) is 0 Å². The Morgan fingerprint density at radius 2 is 2.00 bits per heavy atom. The molecule has 60 valence electrons. The van der Waals surface area contributed by atoms with Crippen LogP contribution in [0.1, 0.15) is 34.1 Å². The molecule has 0 saturated carbocycles. The predicted molar refractivity (Wildman–Crippen MR) is 40.8 cm³/mol. The third-order valence-corrected chi connectivity index (χ3v) is 1.85. The van der Waals surface area contributed by atoms with Crippen molar-refractivity contribution in [2.45, 2.75) is 39.7 Å². The van der Waals surface area contributed by atoms with Gasteiger partial charge >= 0.3 is 0 Å². The van der Waals surface area contributed by atoms with Crippen molar-refractivity contribution >= 4 is 5.78 Å². The Hall–Kier alpha value is -0.370. The van der Waals surface area contributed by atoms with Crippen LogP contribution < -0.4 is 0 Å². The summed E-state index contributed by atoms with van der Waals surface area (Å²) in [6.45, 7) is 7.00. The average molecular weight is 144 g/mol. The van der Waals surface area contributed by atoms with Crippen LogP contribution in [0, 0.1) is 5.92 Å². The van der Waals surface area contributed by atoms with Gasteiger partial charge in [0.25, 0.3) is 0 Å². The van der Waals surface area contributed by atoms with Crippen molar-refractivity contribution in [2.24, 2.45) is 5.92 Å². The molecule has 0 aliphatic carbocycles. The van der Waals surface area contributed by atoms with Crippen LogP contribution in [0.5, 0.6) is 0 Å². The van der Waals surface area contributed by atoms with E-state index in [0.29, 0.717) is 0 Å². The van der Waals surface area contributed by atoms with E-state index in [9.17, 15) is 9.90 Å². The van der Waals surface area contributed by atoms with E-state index in [2.05, 4.69) is 0 Å². The zero-order valence-electron chi connectivity index (χ0n) is 7.14. The van der Waals surface area contributed by atoms with Crippen LogP contribution in [0.25, 0.3) is 0 Å². The highest BCUT2D eigenvalue weighted by molar-refractivity contribution is 5.76. The highest BCUT2D eigenvalue weighted by Crippen LogP contribution is 2.19. The molecule has 0 amide bonds. The van der Waals surface area contributed by atoms with E-state index in [4.69, 9.17) is 0 Å². The largest absolute Gasteiger partial charge is 0.389 e. The lowest BCUT2D eigenvalue weighted by molar-refractivity contribution is -0.122. The molecule has 0 aromatic rings. The van der Waals surface area contributed by atoms with Crippen molar-refractivity contribution in [2.75, 3.05) is 0 Å². The fraction of sp³-hybridized carbons (Fsp3) is 0.875. The van der Waals surface area contributed by atoms with Gasteiger partial charge in [0.05, 0.1) is 5.60 Å². The monoisotopic (exact) mass is 144 g/mol. The first kappa shape index (κ1) is 9.63. The van der Waals surface area contributed by atoms with Crippen LogP contribution in [0.3, 0.4) is 0 Å². The lowest BCUT2D eigenvalue weighted by Gasteiger charge is -2.26. The standard InChI is InChI=1S/C8H16O2/c1-6(2)8(4,10)5-7(3)9/h6,10H,5H2,1-4H3. The smallest absolute Gasteiger partial charge is 0.132 e. The van der Waals surface area contributed by atoms with Gasteiger partial charge < -0.3 is 5.11 Å². The summed E-state index contributed by atoms with van der Waals surface area (Å²) >= 11 is 0. The first-order valence-corrected chi connectivity index (χ1v) is 3.58. The second kappa shape index (κ2) is 3.15. The van der Waals surface area contributed by atoms with Gasteiger partial charge in [0.2, 0.25) is 0 Å². The van der Waals surface area contributed by atoms with Crippen molar-refractivity contribution in [3.05, 3.63) is 0 Å². The van der Waals surface area contributed by atoms with E-state index >= 15 is 0 Å². The van der Waals surface area contributed by atoms with E-state index in [0.717, 1.165) is 0 Å². The maximum Gasteiger partial charge on any atom is 0.132 e. The lowest BCUT2D eigenvalue weighted by Crippen LogP contribution is -2.33. The van der Waals surface area contributed by atoms with E-state index in [1.165, 1.54) is 6.92 Å². The van der Waals surface area contributed by atoms with E-state index in [1.54, 1.807) is 6.92 Å². The molecule has 10 heavy (non-hydrogen) atoms. The van der Waals surface area contributed by atoms with Crippen molar-refractivity contribution in [3.63, 3.8) is 0 Å². The minimum atomic E-state index is -0.828. The highest BCUT2D eigenvalue weighted by atomic mass is 16.3. The second-order valence-electron chi connectivity index (χ2n) is 3.39. The number of Topliss-reactive ketones (excluding diaryl/α,β-unsaturated/α-hetero) is 1. The van der Waals surface area contributed by atoms with Crippen LogP contribution in [0.2, 0.25) is 0 Å². The number of carbonyl (C=O) groups excluding carboxylic acids is 1. The Balaban J connectivity index is 3.99. The van der Waals surface area contributed by atoms with E-state index in [1.807, 2.05) is 13.8 Å². The molecule has 0 heterocycles. The molecule has 2 nitrogen and oxygen atoms in total. The summed E-state index contributed by atoms with van der Waals surface area (Å²) in [5.41, 5.74) is -0.828. The molecule has 1 unspecified atom stereocenters. The Morgan fingerprint density at radius 3 is 2.10 bits per heavy atom. The molecule has 0 radical (unpaired) electrons. The summed E-state index contributed by atoms with van der Waals surface area (Å²) in [5, 5.41) is 9.54. The summed E-state index contributed by atoms with van der Waals surface area (Å²) in [5.74, 6) is 0.176. The Morgan fingerprint density at radius 1 is 1.60 bits per heavy atom. The third kappa shape index (κ3) is 2.97. The van der Waals surface area contributed by atoms with Crippen LogP contribution in [-0.2, 0) is 4.79 Å². The molecule has 0 aliphatic heterocycles. The van der Waals surface area contributed by atoms with Gasteiger partial charge in [0, 0.05) is 6.42 Å². The topological polar surface area (TPSA) is 37.3 Å². The number of hydrogen-bond acceptors (Lipinski definition) is 2. The SMILES string of the molecule is CC(=O)CC(C)(O)C(C)C. The molecule has 0 fully saturated rings. The van der Waals surface area contributed by atoms with Crippen molar-refractivity contribution in [1.82, 2.24) is 0 Å². The van der Waals surface area contributed by atoms with Crippen molar-refractivity contribution in [1.29, 1.82) is 0 Å². The normalized spacial score (nSPS) is 17.0. The zero-order valence-corrected chi connectivity index (χ0v) is 7.14. The number of hydrogen-bond donors (Lipinski definition) is 1. The third-order valence-electron chi connectivity index (χ3n) is 1.85. The number of rotatable bonds is 3.